The summed E-state index contributed by atoms with van der Waals surface area (Å²) >= 11 is 0. The molecule has 1 fully saturated rings. The molecule has 6 heteroatoms. The summed E-state index contributed by atoms with van der Waals surface area (Å²) in [6.45, 7) is 0.614. The minimum absolute atomic E-state index is 0.0102. The molecule has 1 aliphatic rings. The molecule has 1 atom stereocenters. The number of nitrogens with zero attached hydrogens (tertiary/aromatic N) is 3. The fourth-order valence-electron chi connectivity index (χ4n) is 2.33. The second kappa shape index (κ2) is 5.90. The molecule has 0 radical (unpaired) electrons. The van der Waals surface area contributed by atoms with Crippen LogP contribution in [-0.4, -0.2) is 49.4 Å². The number of carbonyl (C=O) groups is 2. The molecule has 20 heavy (non-hydrogen) atoms. The zero-order chi connectivity index (χ0) is 14.7. The molecular weight excluding hydrogens is 258 g/mol. The Morgan fingerprint density at radius 1 is 1.55 bits per heavy atom. The lowest BCUT2D eigenvalue weighted by Gasteiger charge is -2.30. The summed E-state index contributed by atoms with van der Waals surface area (Å²) in [7, 11) is 4.96. The lowest BCUT2D eigenvalue weighted by Crippen LogP contribution is -2.43. The number of carbonyl (C=O) groups excluding carboxylic acids is 2. The summed E-state index contributed by atoms with van der Waals surface area (Å²) < 4.78 is 5.21. The number of likely N-dealkylation sites (tertiary alicyclic amines) is 1. The monoisotopic (exact) mass is 277 g/mol. The molecule has 0 N–H and O–H groups in total. The topological polar surface area (TPSA) is 62.7 Å². The Bertz CT molecular complexity index is 518. The van der Waals surface area contributed by atoms with Gasteiger partial charge in [0.25, 0.3) is 0 Å². The van der Waals surface area contributed by atoms with E-state index in [1.807, 2.05) is 0 Å². The van der Waals surface area contributed by atoms with Crippen LogP contribution in [0.1, 0.15) is 12.8 Å². The number of hydrogen-bond donors (Lipinski definition) is 0. The zero-order valence-electron chi connectivity index (χ0n) is 12.0. The number of methoxy groups -OCH3 is 1. The summed E-state index contributed by atoms with van der Waals surface area (Å²) in [6.07, 6.45) is 2.55. The van der Waals surface area contributed by atoms with Gasteiger partial charge in [-0.15, -0.1) is 0 Å². The summed E-state index contributed by atoms with van der Waals surface area (Å²) in [5.74, 6) is 0.656. The average Bonchev–Trinajstić information content (AvgIpc) is 2.48. The van der Waals surface area contributed by atoms with Gasteiger partial charge in [-0.25, -0.2) is 4.98 Å². The first-order valence-electron chi connectivity index (χ1n) is 6.55. The van der Waals surface area contributed by atoms with Crippen LogP contribution in [0.25, 0.3) is 0 Å². The SMILES string of the molecule is COc1cccnc1N(C)C(=O)C1CCN(C)C(=O)C1. The van der Waals surface area contributed by atoms with Crippen molar-refractivity contribution in [2.24, 2.45) is 5.92 Å². The Morgan fingerprint density at radius 2 is 2.30 bits per heavy atom. The Kier molecular flexibility index (Phi) is 4.22. The summed E-state index contributed by atoms with van der Waals surface area (Å²) in [5.41, 5.74) is 0. The Hall–Kier alpha value is -2.11. The van der Waals surface area contributed by atoms with Crippen LogP contribution in [0, 0.1) is 5.92 Å². The molecule has 2 amide bonds. The Labute approximate surface area is 118 Å². The highest BCUT2D eigenvalue weighted by atomic mass is 16.5. The van der Waals surface area contributed by atoms with Gasteiger partial charge in [-0.05, 0) is 18.6 Å². The van der Waals surface area contributed by atoms with Crippen LogP contribution in [0.3, 0.4) is 0 Å². The van der Waals surface area contributed by atoms with Crippen molar-refractivity contribution in [2.45, 2.75) is 12.8 Å². The van der Waals surface area contributed by atoms with Gasteiger partial charge in [0.05, 0.1) is 7.11 Å². The molecule has 0 aliphatic carbocycles. The second-order valence-corrected chi connectivity index (χ2v) is 4.93. The van der Waals surface area contributed by atoms with E-state index in [1.54, 1.807) is 37.3 Å². The predicted molar refractivity (Wildman–Crippen MR) is 74.6 cm³/mol. The number of pyridine rings is 1. The van der Waals surface area contributed by atoms with E-state index in [0.29, 0.717) is 24.5 Å². The molecule has 2 heterocycles. The van der Waals surface area contributed by atoms with Gasteiger partial charge in [0, 0.05) is 39.2 Å². The number of anilines is 1. The maximum atomic E-state index is 12.5. The average molecular weight is 277 g/mol. The summed E-state index contributed by atoms with van der Waals surface area (Å²) in [4.78, 5) is 31.5. The van der Waals surface area contributed by atoms with Crippen molar-refractivity contribution in [1.29, 1.82) is 0 Å². The Morgan fingerprint density at radius 3 is 2.95 bits per heavy atom. The highest BCUT2D eigenvalue weighted by molar-refractivity contribution is 5.97. The van der Waals surface area contributed by atoms with Gasteiger partial charge < -0.3 is 9.64 Å². The molecule has 6 nitrogen and oxygen atoms in total. The first kappa shape index (κ1) is 14.3. The van der Waals surface area contributed by atoms with Crippen molar-refractivity contribution in [3.05, 3.63) is 18.3 Å². The van der Waals surface area contributed by atoms with E-state index in [0.717, 1.165) is 0 Å². The van der Waals surface area contributed by atoms with Gasteiger partial charge in [-0.2, -0.15) is 0 Å². The van der Waals surface area contributed by atoms with E-state index in [-0.39, 0.29) is 24.2 Å². The van der Waals surface area contributed by atoms with Crippen LogP contribution in [0.15, 0.2) is 18.3 Å². The fourth-order valence-corrected chi connectivity index (χ4v) is 2.33. The highest BCUT2D eigenvalue weighted by Crippen LogP contribution is 2.27. The van der Waals surface area contributed by atoms with Crippen molar-refractivity contribution in [3.8, 4) is 5.75 Å². The van der Waals surface area contributed by atoms with E-state index in [9.17, 15) is 9.59 Å². The molecule has 108 valence electrons. The number of amides is 2. The second-order valence-electron chi connectivity index (χ2n) is 4.93. The lowest BCUT2D eigenvalue weighted by atomic mass is 9.95. The highest BCUT2D eigenvalue weighted by Gasteiger charge is 2.31. The van der Waals surface area contributed by atoms with Gasteiger partial charge in [0.2, 0.25) is 11.8 Å². The van der Waals surface area contributed by atoms with E-state index < -0.39 is 0 Å². The largest absolute Gasteiger partial charge is 0.493 e. The molecule has 1 aromatic rings. The van der Waals surface area contributed by atoms with Crippen molar-refractivity contribution >= 4 is 17.6 Å². The molecule has 1 unspecified atom stereocenters. The van der Waals surface area contributed by atoms with E-state index in [2.05, 4.69) is 4.98 Å². The minimum atomic E-state index is -0.282. The molecule has 2 rings (SSSR count). The van der Waals surface area contributed by atoms with Crippen molar-refractivity contribution in [2.75, 3.05) is 32.6 Å². The van der Waals surface area contributed by atoms with Crippen molar-refractivity contribution in [1.82, 2.24) is 9.88 Å². The van der Waals surface area contributed by atoms with Crippen LogP contribution in [0.4, 0.5) is 5.82 Å². The number of aromatic nitrogens is 1. The van der Waals surface area contributed by atoms with Gasteiger partial charge in [0.1, 0.15) is 0 Å². The first-order chi connectivity index (χ1) is 9.54. The number of rotatable bonds is 3. The molecule has 0 spiro atoms. The molecule has 0 saturated carbocycles. The van der Waals surface area contributed by atoms with Crippen LogP contribution in [-0.2, 0) is 9.59 Å². The molecule has 0 aromatic carbocycles. The molecule has 1 saturated heterocycles. The van der Waals surface area contributed by atoms with E-state index in [4.69, 9.17) is 4.74 Å². The summed E-state index contributed by atoms with van der Waals surface area (Å²) in [6, 6.07) is 3.51. The Balaban J connectivity index is 2.14. The van der Waals surface area contributed by atoms with Crippen molar-refractivity contribution < 1.29 is 14.3 Å². The zero-order valence-corrected chi connectivity index (χ0v) is 12.0. The van der Waals surface area contributed by atoms with Crippen LogP contribution < -0.4 is 9.64 Å². The smallest absolute Gasteiger partial charge is 0.231 e. The fraction of sp³-hybridized carbons (Fsp3) is 0.500. The van der Waals surface area contributed by atoms with E-state index in [1.165, 1.54) is 12.0 Å². The number of piperidine rings is 1. The molecule has 1 aliphatic heterocycles. The minimum Gasteiger partial charge on any atom is -0.493 e. The van der Waals surface area contributed by atoms with Gasteiger partial charge in [-0.3, -0.25) is 14.5 Å². The number of hydrogen-bond acceptors (Lipinski definition) is 4. The third kappa shape index (κ3) is 2.74. The number of ether oxygens (including phenoxy) is 1. The summed E-state index contributed by atoms with van der Waals surface area (Å²) in [5, 5.41) is 0. The van der Waals surface area contributed by atoms with Gasteiger partial charge >= 0.3 is 0 Å². The normalized spacial score (nSPS) is 18.9. The third-order valence-electron chi connectivity index (χ3n) is 3.63. The van der Waals surface area contributed by atoms with Crippen LogP contribution in [0.5, 0.6) is 5.75 Å². The maximum Gasteiger partial charge on any atom is 0.231 e. The maximum absolute atomic E-state index is 12.5. The quantitative estimate of drug-likeness (QED) is 0.824. The van der Waals surface area contributed by atoms with E-state index >= 15 is 0 Å². The lowest BCUT2D eigenvalue weighted by molar-refractivity contribution is -0.138. The molecular formula is C14H19N3O3. The predicted octanol–water partition coefficient (Wildman–Crippen LogP) is 0.921. The standard InChI is InChI=1S/C14H19N3O3/c1-16-8-6-10(9-12(16)18)14(19)17(2)13-11(20-3)5-4-7-15-13/h4-5,7,10H,6,8-9H2,1-3H3. The van der Waals surface area contributed by atoms with Crippen LogP contribution >= 0.6 is 0 Å². The van der Waals surface area contributed by atoms with Crippen LogP contribution in [0.2, 0.25) is 0 Å². The molecule has 0 bridgehead atoms. The van der Waals surface area contributed by atoms with Gasteiger partial charge in [-0.1, -0.05) is 0 Å². The van der Waals surface area contributed by atoms with Crippen molar-refractivity contribution in [3.63, 3.8) is 0 Å². The third-order valence-corrected chi connectivity index (χ3v) is 3.63. The molecule has 1 aromatic heterocycles. The first-order valence-corrected chi connectivity index (χ1v) is 6.55. The van der Waals surface area contributed by atoms with Gasteiger partial charge in [0.15, 0.2) is 11.6 Å².